The zero-order valence-corrected chi connectivity index (χ0v) is 16.0. The van der Waals surface area contributed by atoms with Gasteiger partial charge in [0.25, 0.3) is 5.89 Å². The molecule has 1 aromatic heterocycles. The number of sulfone groups is 1. The van der Waals surface area contributed by atoms with E-state index >= 15 is 0 Å². The second-order valence-corrected chi connectivity index (χ2v) is 7.93. The third-order valence-electron chi connectivity index (χ3n) is 3.30. The molecule has 3 N–H and O–H groups in total. The van der Waals surface area contributed by atoms with Crippen LogP contribution in [-0.4, -0.2) is 54.3 Å². The van der Waals surface area contributed by atoms with Crippen LogP contribution in [0, 0.1) is 5.41 Å². The quantitative estimate of drug-likeness (QED) is 0.542. The van der Waals surface area contributed by atoms with Crippen LogP contribution in [0.1, 0.15) is 5.89 Å². The smallest absolute Gasteiger partial charge is 0.434 e. The van der Waals surface area contributed by atoms with Crippen LogP contribution in [0.15, 0.2) is 38.7 Å². The van der Waals surface area contributed by atoms with E-state index in [-0.39, 0.29) is 16.3 Å². The Balaban J connectivity index is 2.52. The highest BCUT2D eigenvalue weighted by atomic mass is 35.5. The summed E-state index contributed by atoms with van der Waals surface area (Å²) in [4.78, 5) is 14.5. The number of aromatic nitrogens is 2. The number of benzene rings is 1. The summed E-state index contributed by atoms with van der Waals surface area (Å²) >= 11 is 5.61. The monoisotopic (exact) mass is 452 g/mol. The number of halogens is 4. The molecule has 0 saturated carbocycles. The minimum absolute atomic E-state index is 0.0574. The summed E-state index contributed by atoms with van der Waals surface area (Å²) < 4.78 is 66.5. The van der Waals surface area contributed by atoms with Gasteiger partial charge in [0.05, 0.1) is 9.93 Å². The van der Waals surface area contributed by atoms with Crippen molar-refractivity contribution in [3.63, 3.8) is 0 Å². The lowest BCUT2D eigenvalue weighted by molar-refractivity contribution is -0.135. The molecule has 0 aliphatic heterocycles. The lowest BCUT2D eigenvalue weighted by Gasteiger charge is -2.11. The van der Waals surface area contributed by atoms with E-state index < -0.39 is 50.9 Å². The molecular formula is C15H12ClF3N4O5S. The maximum absolute atomic E-state index is 12.8. The Hall–Kier alpha value is -2.93. The predicted octanol–water partition coefficient (Wildman–Crippen LogP) is 2.30. The molecule has 14 heteroatoms. The number of carbonyl (C=O) groups is 1. The molecule has 9 nitrogen and oxygen atoms in total. The van der Waals surface area contributed by atoms with Crippen molar-refractivity contribution < 1.29 is 36.0 Å². The maximum atomic E-state index is 12.8. The molecule has 0 atom stereocenters. The summed E-state index contributed by atoms with van der Waals surface area (Å²) in [6.07, 6.45) is -4.13. The van der Waals surface area contributed by atoms with Crippen molar-refractivity contribution in [3.8, 4) is 11.4 Å². The fourth-order valence-corrected chi connectivity index (χ4v) is 2.89. The fraction of sp³-hybridized carbons (Fsp3) is 0.200. The number of carboxylic acid groups (broad SMARTS) is 1. The van der Waals surface area contributed by atoms with Crippen LogP contribution in [0.25, 0.3) is 17.1 Å². The summed E-state index contributed by atoms with van der Waals surface area (Å²) in [5, 5.41) is 20.3. The van der Waals surface area contributed by atoms with Gasteiger partial charge in [-0.3, -0.25) is 10.2 Å². The highest BCUT2D eigenvalue weighted by Gasteiger charge is 2.38. The minimum Gasteiger partial charge on any atom is -0.480 e. The van der Waals surface area contributed by atoms with Crippen molar-refractivity contribution in [2.24, 2.45) is 0 Å². The summed E-state index contributed by atoms with van der Waals surface area (Å²) in [5.41, 5.74) is -2.50. The summed E-state index contributed by atoms with van der Waals surface area (Å²) in [5.74, 6) is -2.24. The van der Waals surface area contributed by atoms with Crippen LogP contribution in [0.2, 0.25) is 0 Å². The molecule has 0 aliphatic carbocycles. The van der Waals surface area contributed by atoms with Crippen molar-refractivity contribution >= 4 is 38.8 Å². The Morgan fingerprint density at radius 3 is 2.59 bits per heavy atom. The van der Waals surface area contributed by atoms with Crippen LogP contribution >= 0.6 is 11.6 Å². The van der Waals surface area contributed by atoms with Crippen molar-refractivity contribution in [1.29, 1.82) is 5.41 Å². The fourth-order valence-electron chi connectivity index (χ4n) is 1.97. The summed E-state index contributed by atoms with van der Waals surface area (Å²) in [6, 6.07) is 5.36. The molecule has 2 rings (SSSR count). The van der Waals surface area contributed by atoms with Gasteiger partial charge < -0.3 is 14.9 Å². The van der Waals surface area contributed by atoms with Gasteiger partial charge in [-0.05, 0) is 12.1 Å². The lowest BCUT2D eigenvalue weighted by Crippen LogP contribution is -2.27. The molecular weight excluding hydrogens is 441 g/mol. The first-order valence-corrected chi connectivity index (χ1v) is 9.73. The van der Waals surface area contributed by atoms with Gasteiger partial charge in [0.1, 0.15) is 12.2 Å². The molecule has 0 bridgehead atoms. The topological polar surface area (TPSA) is 146 Å². The summed E-state index contributed by atoms with van der Waals surface area (Å²) in [7, 11) is -3.55. The van der Waals surface area contributed by atoms with E-state index in [0.717, 1.165) is 6.26 Å². The molecule has 0 spiro atoms. The van der Waals surface area contributed by atoms with Crippen LogP contribution in [-0.2, 0) is 14.6 Å². The normalized spacial score (nSPS) is 13.0. The molecule has 0 amide bonds. The van der Waals surface area contributed by atoms with E-state index in [4.69, 9.17) is 26.6 Å². The van der Waals surface area contributed by atoms with Gasteiger partial charge >= 0.3 is 12.1 Å². The number of nitrogens with one attached hydrogen (secondary N) is 2. The molecule has 156 valence electrons. The molecule has 2 aromatic rings. The number of allylic oxidation sites excluding steroid dienone is 1. The van der Waals surface area contributed by atoms with Gasteiger partial charge in [-0.2, -0.15) is 18.2 Å². The summed E-state index contributed by atoms with van der Waals surface area (Å²) in [6.45, 7) is -0.849. The first-order chi connectivity index (χ1) is 13.3. The van der Waals surface area contributed by atoms with E-state index in [2.05, 4.69) is 15.5 Å². The zero-order valence-electron chi connectivity index (χ0n) is 14.4. The van der Waals surface area contributed by atoms with Gasteiger partial charge in [0.2, 0.25) is 5.82 Å². The van der Waals surface area contributed by atoms with Crippen molar-refractivity contribution in [2.45, 2.75) is 11.1 Å². The van der Waals surface area contributed by atoms with Crippen molar-refractivity contribution in [2.75, 3.05) is 12.8 Å². The average Bonchev–Trinajstić information content (AvgIpc) is 3.09. The second-order valence-electron chi connectivity index (χ2n) is 5.53. The Morgan fingerprint density at radius 2 is 2.03 bits per heavy atom. The molecule has 1 heterocycles. The molecule has 29 heavy (non-hydrogen) atoms. The molecule has 1 aromatic carbocycles. The average molecular weight is 453 g/mol. The third-order valence-corrected chi connectivity index (χ3v) is 4.79. The number of alkyl halides is 3. The Bertz CT molecular complexity index is 1100. The van der Waals surface area contributed by atoms with Gasteiger partial charge in [-0.15, -0.1) is 0 Å². The zero-order chi connectivity index (χ0) is 22.0. The molecule has 0 fully saturated rings. The standard InChI is InChI=1S/C15H12ClF3N4O5S/c1-29(26,27)8-4-2-3-7(5-8)13-22-14(28-23-13)11(21-6-9(24)25)10(16)12(20)15(17,18)19/h2-5,20-21H,6H2,1H3,(H,24,25)/b11-10+,20-12?. The second kappa shape index (κ2) is 8.21. The van der Waals surface area contributed by atoms with Crippen LogP contribution in [0.5, 0.6) is 0 Å². The number of hydrogen-bond acceptors (Lipinski definition) is 8. The van der Waals surface area contributed by atoms with Crippen molar-refractivity contribution in [1.82, 2.24) is 15.5 Å². The maximum Gasteiger partial charge on any atom is 0.434 e. The number of aliphatic carboxylic acids is 1. The minimum atomic E-state index is -5.11. The Morgan fingerprint density at radius 1 is 1.38 bits per heavy atom. The number of nitrogens with zero attached hydrogens (tertiary/aromatic N) is 2. The van der Waals surface area contributed by atoms with Gasteiger partial charge in [-0.25, -0.2) is 8.42 Å². The van der Waals surface area contributed by atoms with E-state index in [1.807, 2.05) is 0 Å². The molecule has 0 saturated heterocycles. The Kier molecular flexibility index (Phi) is 6.33. The third kappa shape index (κ3) is 5.54. The number of rotatable bonds is 7. The highest BCUT2D eigenvalue weighted by molar-refractivity contribution is 7.90. The lowest BCUT2D eigenvalue weighted by atomic mass is 10.2. The highest BCUT2D eigenvalue weighted by Crippen LogP contribution is 2.29. The van der Waals surface area contributed by atoms with Gasteiger partial charge in [0.15, 0.2) is 15.5 Å². The van der Waals surface area contributed by atoms with E-state index in [1.54, 1.807) is 0 Å². The van der Waals surface area contributed by atoms with E-state index in [1.165, 1.54) is 24.3 Å². The number of hydrogen-bond donors (Lipinski definition) is 3. The Labute approximate surface area is 166 Å². The SMILES string of the molecule is CS(=O)(=O)c1cccc(-c2noc(/C(NCC(=O)O)=C(\Cl)C(=N)C(F)(F)F)n2)c1. The first-order valence-electron chi connectivity index (χ1n) is 7.47. The van der Waals surface area contributed by atoms with Crippen LogP contribution < -0.4 is 5.32 Å². The molecule has 0 radical (unpaired) electrons. The first kappa shape index (κ1) is 22.4. The van der Waals surface area contributed by atoms with Crippen molar-refractivity contribution in [3.05, 3.63) is 35.2 Å². The van der Waals surface area contributed by atoms with E-state index in [0.29, 0.717) is 0 Å². The van der Waals surface area contributed by atoms with Crippen LogP contribution in [0.3, 0.4) is 0 Å². The molecule has 0 unspecified atom stereocenters. The van der Waals surface area contributed by atoms with E-state index in [9.17, 15) is 26.4 Å². The largest absolute Gasteiger partial charge is 0.480 e. The van der Waals surface area contributed by atoms with Gasteiger partial charge in [-0.1, -0.05) is 28.9 Å². The predicted molar refractivity (Wildman–Crippen MR) is 95.0 cm³/mol. The van der Waals surface area contributed by atoms with Crippen LogP contribution in [0.4, 0.5) is 13.2 Å². The molecule has 0 aliphatic rings. The van der Waals surface area contributed by atoms with Gasteiger partial charge in [0, 0.05) is 11.8 Å². The number of carboxylic acids is 1.